The van der Waals surface area contributed by atoms with Crippen LogP contribution in [0.5, 0.6) is 0 Å². The molecule has 0 aliphatic carbocycles. The van der Waals surface area contributed by atoms with Crippen LogP contribution in [0.15, 0.2) is 0 Å². The summed E-state index contributed by atoms with van der Waals surface area (Å²) in [4.78, 5) is 2.48. The maximum absolute atomic E-state index is 5.78. The van der Waals surface area contributed by atoms with E-state index in [0.29, 0.717) is 12.1 Å². The highest BCUT2D eigenvalue weighted by Gasteiger charge is 2.26. The largest absolute Gasteiger partial charge is 0.300 e. The van der Waals surface area contributed by atoms with Gasteiger partial charge in [0.25, 0.3) is 0 Å². The third-order valence-corrected chi connectivity index (χ3v) is 5.54. The van der Waals surface area contributed by atoms with E-state index in [1.165, 1.54) is 75.8 Å². The van der Waals surface area contributed by atoms with Crippen molar-refractivity contribution in [3.63, 3.8) is 0 Å². The average Bonchev–Trinajstić information content (AvgIpc) is 2.47. The van der Waals surface area contributed by atoms with Crippen LogP contribution in [0.1, 0.15) is 64.7 Å². The van der Waals surface area contributed by atoms with Crippen LogP contribution < -0.4 is 11.3 Å². The molecule has 1 saturated heterocycles. The number of hydrogen-bond acceptors (Lipinski definition) is 4. The number of unbranched alkanes of at least 4 members (excludes halogenated alkanes) is 7. The van der Waals surface area contributed by atoms with Gasteiger partial charge in [-0.1, -0.05) is 58.3 Å². The van der Waals surface area contributed by atoms with Gasteiger partial charge in [0.2, 0.25) is 0 Å². The molecule has 0 spiro atoms. The van der Waals surface area contributed by atoms with Crippen molar-refractivity contribution in [1.82, 2.24) is 10.3 Å². The van der Waals surface area contributed by atoms with Gasteiger partial charge in [0.15, 0.2) is 0 Å². The molecule has 1 aliphatic rings. The zero-order chi connectivity index (χ0) is 14.6. The van der Waals surface area contributed by atoms with Gasteiger partial charge in [-0.15, -0.1) is 0 Å². The molecule has 0 aromatic rings. The van der Waals surface area contributed by atoms with Crippen LogP contribution in [-0.4, -0.2) is 42.1 Å². The van der Waals surface area contributed by atoms with E-state index in [1.807, 2.05) is 0 Å². The number of hydrazine groups is 1. The lowest BCUT2D eigenvalue weighted by atomic mass is 10.00. The van der Waals surface area contributed by atoms with Gasteiger partial charge < -0.3 is 4.90 Å². The van der Waals surface area contributed by atoms with Crippen molar-refractivity contribution in [1.29, 1.82) is 0 Å². The molecule has 1 rings (SSSR count). The van der Waals surface area contributed by atoms with Crippen molar-refractivity contribution in [3.8, 4) is 0 Å². The van der Waals surface area contributed by atoms with Crippen LogP contribution in [0.25, 0.3) is 0 Å². The SMILES string of the molecule is CCCCCCCCCCC(NN)C1CSCCN1C. The van der Waals surface area contributed by atoms with Crippen molar-refractivity contribution in [2.45, 2.75) is 76.8 Å². The monoisotopic (exact) mass is 301 g/mol. The smallest absolute Gasteiger partial charge is 0.0374 e. The minimum atomic E-state index is 0.466. The molecule has 0 saturated carbocycles. The number of nitrogens with one attached hydrogen (secondary N) is 1. The summed E-state index contributed by atoms with van der Waals surface area (Å²) in [5.74, 6) is 8.27. The van der Waals surface area contributed by atoms with Crippen molar-refractivity contribution < 1.29 is 0 Å². The molecule has 0 aromatic heterocycles. The Morgan fingerprint density at radius 2 is 1.80 bits per heavy atom. The number of thioether (sulfide) groups is 1. The molecule has 0 amide bonds. The van der Waals surface area contributed by atoms with Crippen molar-refractivity contribution in [2.24, 2.45) is 5.84 Å². The van der Waals surface area contributed by atoms with E-state index in [9.17, 15) is 0 Å². The van der Waals surface area contributed by atoms with Crippen LogP contribution in [0.4, 0.5) is 0 Å². The second-order valence-corrected chi connectivity index (χ2v) is 7.31. The molecule has 0 bridgehead atoms. The Morgan fingerprint density at radius 3 is 2.40 bits per heavy atom. The van der Waals surface area contributed by atoms with Gasteiger partial charge in [-0.3, -0.25) is 11.3 Å². The second kappa shape index (κ2) is 11.8. The Hall–Kier alpha value is 0.230. The minimum Gasteiger partial charge on any atom is -0.300 e. The summed E-state index contributed by atoms with van der Waals surface area (Å²) < 4.78 is 0. The third-order valence-electron chi connectivity index (χ3n) is 4.49. The maximum Gasteiger partial charge on any atom is 0.0374 e. The average molecular weight is 302 g/mol. The quantitative estimate of drug-likeness (QED) is 0.349. The van der Waals surface area contributed by atoms with E-state index >= 15 is 0 Å². The van der Waals surface area contributed by atoms with E-state index in [2.05, 4.69) is 36.1 Å². The van der Waals surface area contributed by atoms with Crippen molar-refractivity contribution >= 4 is 11.8 Å². The summed E-state index contributed by atoms with van der Waals surface area (Å²) in [5.41, 5.74) is 3.07. The van der Waals surface area contributed by atoms with Crippen LogP contribution in [-0.2, 0) is 0 Å². The standard InChI is InChI=1S/C16H35N3S/c1-3-4-5-6-7-8-9-10-11-15(18-17)16-14-20-13-12-19(16)2/h15-16,18H,3-14,17H2,1-2H3. The van der Waals surface area contributed by atoms with E-state index in [-0.39, 0.29) is 0 Å². The Kier molecular flexibility index (Phi) is 10.8. The first-order valence-corrected chi connectivity index (χ1v) is 9.69. The Labute approximate surface area is 130 Å². The highest BCUT2D eigenvalue weighted by molar-refractivity contribution is 7.99. The molecular formula is C16H35N3S. The van der Waals surface area contributed by atoms with Gasteiger partial charge in [0.05, 0.1) is 0 Å². The Morgan fingerprint density at radius 1 is 1.15 bits per heavy atom. The van der Waals surface area contributed by atoms with Gasteiger partial charge >= 0.3 is 0 Å². The second-order valence-electron chi connectivity index (χ2n) is 6.16. The summed E-state index contributed by atoms with van der Waals surface area (Å²) in [6, 6.07) is 1.08. The molecule has 1 heterocycles. The zero-order valence-electron chi connectivity index (χ0n) is 13.6. The van der Waals surface area contributed by atoms with E-state index in [1.54, 1.807) is 0 Å². The van der Waals surface area contributed by atoms with Crippen molar-refractivity contribution in [2.75, 3.05) is 25.1 Å². The molecule has 2 atom stereocenters. The first-order valence-electron chi connectivity index (χ1n) is 8.53. The lowest BCUT2D eigenvalue weighted by Crippen LogP contribution is -2.54. The van der Waals surface area contributed by atoms with E-state index in [0.717, 1.165) is 0 Å². The lowest BCUT2D eigenvalue weighted by Gasteiger charge is -2.37. The van der Waals surface area contributed by atoms with Crippen LogP contribution in [0.3, 0.4) is 0 Å². The summed E-state index contributed by atoms with van der Waals surface area (Å²) in [6.45, 7) is 3.48. The molecule has 2 unspecified atom stereocenters. The molecular weight excluding hydrogens is 266 g/mol. The first kappa shape index (κ1) is 18.3. The summed E-state index contributed by atoms with van der Waals surface area (Å²) in [7, 11) is 2.24. The predicted octanol–water partition coefficient (Wildman–Crippen LogP) is 3.40. The highest BCUT2D eigenvalue weighted by atomic mass is 32.2. The maximum atomic E-state index is 5.78. The van der Waals surface area contributed by atoms with Gasteiger partial charge in [-0.05, 0) is 13.5 Å². The number of hydrogen-bond donors (Lipinski definition) is 2. The van der Waals surface area contributed by atoms with E-state index < -0.39 is 0 Å². The van der Waals surface area contributed by atoms with Gasteiger partial charge in [-0.2, -0.15) is 11.8 Å². The fourth-order valence-electron chi connectivity index (χ4n) is 3.01. The molecule has 3 nitrogen and oxygen atoms in total. The fourth-order valence-corrected chi connectivity index (χ4v) is 4.33. The van der Waals surface area contributed by atoms with E-state index in [4.69, 9.17) is 5.84 Å². The molecule has 3 N–H and O–H groups in total. The number of rotatable bonds is 11. The lowest BCUT2D eigenvalue weighted by molar-refractivity contribution is 0.206. The highest BCUT2D eigenvalue weighted by Crippen LogP contribution is 2.20. The first-order chi connectivity index (χ1) is 9.79. The minimum absolute atomic E-state index is 0.466. The Balaban J connectivity index is 2.06. The molecule has 4 heteroatoms. The van der Waals surface area contributed by atoms with Gasteiger partial charge in [-0.25, -0.2) is 0 Å². The predicted molar refractivity (Wildman–Crippen MR) is 92.1 cm³/mol. The Bertz CT molecular complexity index is 226. The van der Waals surface area contributed by atoms with Gasteiger partial charge in [0.1, 0.15) is 0 Å². The number of nitrogens with two attached hydrogens (primary N) is 1. The van der Waals surface area contributed by atoms with Crippen molar-refractivity contribution in [3.05, 3.63) is 0 Å². The van der Waals surface area contributed by atoms with Crippen LogP contribution >= 0.6 is 11.8 Å². The fraction of sp³-hybridized carbons (Fsp3) is 1.00. The normalized spacial score (nSPS) is 22.1. The number of likely N-dealkylation sites (N-methyl/N-ethyl adjacent to an activating group) is 1. The summed E-state index contributed by atoms with van der Waals surface area (Å²) >= 11 is 2.07. The zero-order valence-corrected chi connectivity index (χ0v) is 14.4. The molecule has 120 valence electrons. The van der Waals surface area contributed by atoms with Gasteiger partial charge in [0, 0.05) is 30.1 Å². The van der Waals surface area contributed by atoms with Crippen LogP contribution in [0.2, 0.25) is 0 Å². The molecule has 20 heavy (non-hydrogen) atoms. The van der Waals surface area contributed by atoms with Crippen LogP contribution in [0, 0.1) is 0 Å². The molecule has 1 aliphatic heterocycles. The summed E-state index contributed by atoms with van der Waals surface area (Å²) in [5, 5.41) is 0. The third kappa shape index (κ3) is 7.30. The summed E-state index contributed by atoms with van der Waals surface area (Å²) in [6.07, 6.45) is 12.3. The topological polar surface area (TPSA) is 41.3 Å². The number of nitrogens with zero attached hydrogens (tertiary/aromatic N) is 1. The molecule has 0 radical (unpaired) electrons. The molecule has 0 aromatic carbocycles. The molecule has 1 fully saturated rings.